The molecule has 94 valence electrons. The number of benzene rings is 3. The van der Waals surface area contributed by atoms with Crippen LogP contribution in [-0.4, -0.2) is 0 Å². The first-order valence-corrected chi connectivity index (χ1v) is 7.74. The van der Waals surface area contributed by atoms with Gasteiger partial charge in [-0.15, -0.1) is 0 Å². The molecule has 3 rings (SSSR count). The molecule has 0 bridgehead atoms. The van der Waals surface area contributed by atoms with Crippen molar-refractivity contribution in [3.63, 3.8) is 0 Å². The first-order chi connectivity index (χ1) is 9.45. The molecule has 0 saturated heterocycles. The van der Waals surface area contributed by atoms with Gasteiger partial charge in [-0.3, -0.25) is 0 Å². The molecule has 0 heterocycles. The minimum atomic E-state index is -0.446. The summed E-state index contributed by atoms with van der Waals surface area (Å²) in [4.78, 5) is 0. The van der Waals surface area contributed by atoms with Crippen molar-refractivity contribution in [1.29, 1.82) is 0 Å². The minimum Gasteiger partial charge on any atom is -0.0622 e. The molecule has 0 nitrogen and oxygen atoms in total. The molecule has 0 aromatic heterocycles. The molecule has 0 atom stereocenters. The van der Waals surface area contributed by atoms with Gasteiger partial charge < -0.3 is 0 Å². The second-order valence-corrected chi connectivity index (χ2v) is 6.56. The van der Waals surface area contributed by atoms with E-state index in [9.17, 15) is 0 Å². The van der Waals surface area contributed by atoms with Crippen LogP contribution in [-0.2, 0) is 26.2 Å². The summed E-state index contributed by atoms with van der Waals surface area (Å²) in [6, 6.07) is 32.3. The van der Waals surface area contributed by atoms with Crippen LogP contribution in [0.2, 0.25) is 0 Å². The van der Waals surface area contributed by atoms with E-state index in [0.717, 1.165) is 0 Å². The maximum Gasteiger partial charge on any atom is 2.00 e. The Morgan fingerprint density at radius 2 is 0.650 bits per heavy atom. The summed E-state index contributed by atoms with van der Waals surface area (Å²) >= 11 is 0. The van der Waals surface area contributed by atoms with Gasteiger partial charge in [-0.05, 0) is 23.8 Å². The Hall–Kier alpha value is -1.03. The van der Waals surface area contributed by atoms with Crippen molar-refractivity contribution in [1.82, 2.24) is 0 Å². The van der Waals surface area contributed by atoms with Crippen LogP contribution in [0.15, 0.2) is 91.0 Å². The van der Waals surface area contributed by atoms with Crippen molar-refractivity contribution < 1.29 is 26.2 Å². The zero-order valence-corrected chi connectivity index (χ0v) is 14.5. The number of hydrogen-bond acceptors (Lipinski definition) is 0. The molecule has 0 N–H and O–H groups in total. The molecule has 0 aliphatic carbocycles. The zero-order valence-electron chi connectivity index (χ0n) is 11.1. The molecule has 0 amide bonds. The van der Waals surface area contributed by atoms with E-state index in [1.54, 1.807) is 0 Å². The van der Waals surface area contributed by atoms with Gasteiger partial charge in [0.2, 0.25) is 0 Å². The van der Waals surface area contributed by atoms with Crippen LogP contribution in [0.25, 0.3) is 0 Å². The van der Waals surface area contributed by atoms with Crippen molar-refractivity contribution >= 4 is 23.8 Å². The summed E-state index contributed by atoms with van der Waals surface area (Å²) in [5.41, 5.74) is 0. The minimum absolute atomic E-state index is 0. The van der Waals surface area contributed by atoms with E-state index in [4.69, 9.17) is 0 Å². The number of rotatable bonds is 3. The summed E-state index contributed by atoms with van der Waals surface area (Å²) in [7, 11) is -0.446. The molecule has 0 saturated carbocycles. The molecule has 3 aromatic rings. The first kappa shape index (κ1) is 15.4. The topological polar surface area (TPSA) is 0 Å². The summed E-state index contributed by atoms with van der Waals surface area (Å²) in [5, 5.41) is 4.19. The first-order valence-electron chi connectivity index (χ1n) is 6.40. The average Bonchev–Trinajstić information content (AvgIpc) is 2.51. The van der Waals surface area contributed by atoms with Crippen LogP contribution < -0.4 is 15.9 Å². The van der Waals surface area contributed by atoms with E-state index in [2.05, 4.69) is 91.0 Å². The van der Waals surface area contributed by atoms with Gasteiger partial charge in [-0.1, -0.05) is 91.0 Å². The van der Waals surface area contributed by atoms with Crippen molar-refractivity contribution in [2.75, 3.05) is 0 Å². The molecule has 0 aliphatic heterocycles. The summed E-state index contributed by atoms with van der Waals surface area (Å²) < 4.78 is 0. The third-order valence-electron chi connectivity index (χ3n) is 3.04. The molecular weight excluding hydrogens is 338 g/mol. The van der Waals surface area contributed by atoms with Gasteiger partial charge in [-0.2, -0.15) is 0 Å². The van der Waals surface area contributed by atoms with Gasteiger partial charge >= 0.3 is 26.2 Å². The number of hydrogen-bond donors (Lipinski definition) is 0. The van der Waals surface area contributed by atoms with Crippen molar-refractivity contribution in [2.24, 2.45) is 0 Å². The van der Waals surface area contributed by atoms with Crippen LogP contribution in [0.3, 0.4) is 0 Å². The normalized spacial score (nSPS) is 10.1. The third kappa shape index (κ3) is 3.54. The van der Waals surface area contributed by atoms with Crippen molar-refractivity contribution in [3.05, 3.63) is 91.0 Å². The summed E-state index contributed by atoms with van der Waals surface area (Å²) in [5.74, 6) is 0. The zero-order chi connectivity index (χ0) is 12.9. The molecule has 3 aromatic carbocycles. The largest absolute Gasteiger partial charge is 2.00 e. The SMILES string of the molecule is [Zr+2].c1ccc(P(c2ccccc2)c2ccccc2)cc1. The Morgan fingerprint density at radius 1 is 0.400 bits per heavy atom. The van der Waals surface area contributed by atoms with Crippen LogP contribution in [0.4, 0.5) is 0 Å². The van der Waals surface area contributed by atoms with E-state index < -0.39 is 7.92 Å². The Morgan fingerprint density at radius 3 is 0.900 bits per heavy atom. The van der Waals surface area contributed by atoms with E-state index in [0.29, 0.717) is 0 Å². The molecule has 20 heavy (non-hydrogen) atoms. The van der Waals surface area contributed by atoms with Gasteiger partial charge in [0, 0.05) is 0 Å². The molecule has 0 radical (unpaired) electrons. The Kier molecular flexibility index (Phi) is 5.90. The molecule has 0 spiro atoms. The van der Waals surface area contributed by atoms with Crippen molar-refractivity contribution in [3.8, 4) is 0 Å². The van der Waals surface area contributed by atoms with E-state index >= 15 is 0 Å². The molecule has 0 fully saturated rings. The predicted octanol–water partition coefficient (Wildman–Crippen LogP) is 3.44. The molecule has 0 aliphatic rings. The Labute approximate surface area is 140 Å². The monoisotopic (exact) mass is 352 g/mol. The Balaban J connectivity index is 0.00000147. The van der Waals surface area contributed by atoms with Crippen LogP contribution in [0.5, 0.6) is 0 Å². The predicted molar refractivity (Wildman–Crippen MR) is 85.1 cm³/mol. The maximum atomic E-state index is 2.23. The van der Waals surface area contributed by atoms with E-state index in [1.807, 2.05) is 0 Å². The molecule has 0 unspecified atom stereocenters. The van der Waals surface area contributed by atoms with Gasteiger partial charge in [0.15, 0.2) is 0 Å². The fourth-order valence-electron chi connectivity index (χ4n) is 2.18. The quantitative estimate of drug-likeness (QED) is 0.633. The third-order valence-corrected chi connectivity index (χ3v) is 5.49. The van der Waals surface area contributed by atoms with E-state index in [1.165, 1.54) is 15.9 Å². The Bertz CT molecular complexity index is 529. The summed E-state index contributed by atoms with van der Waals surface area (Å²) in [6.07, 6.45) is 0. The van der Waals surface area contributed by atoms with E-state index in [-0.39, 0.29) is 26.2 Å². The van der Waals surface area contributed by atoms with Crippen molar-refractivity contribution in [2.45, 2.75) is 0 Å². The second-order valence-electron chi connectivity index (χ2n) is 4.34. The standard InChI is InChI=1S/C18H15P.Zr/c1-4-10-16(11-5-1)19(17-12-6-2-7-13-17)18-14-8-3-9-15-18;/h1-15H;/q;+2. The van der Waals surface area contributed by atoms with Crippen LogP contribution in [0, 0.1) is 0 Å². The van der Waals surface area contributed by atoms with Gasteiger partial charge in [-0.25, -0.2) is 0 Å². The van der Waals surface area contributed by atoms with Gasteiger partial charge in [0.1, 0.15) is 0 Å². The van der Waals surface area contributed by atoms with Crippen LogP contribution in [0.1, 0.15) is 0 Å². The van der Waals surface area contributed by atoms with Gasteiger partial charge in [0.25, 0.3) is 0 Å². The fraction of sp³-hybridized carbons (Fsp3) is 0. The van der Waals surface area contributed by atoms with Gasteiger partial charge in [0.05, 0.1) is 0 Å². The average molecular weight is 354 g/mol. The van der Waals surface area contributed by atoms with Crippen LogP contribution >= 0.6 is 7.92 Å². The fourth-order valence-corrected chi connectivity index (χ4v) is 4.48. The molecular formula is C18H15PZr+2. The maximum absolute atomic E-state index is 2.23. The molecule has 2 heteroatoms. The summed E-state index contributed by atoms with van der Waals surface area (Å²) in [6.45, 7) is 0. The second kappa shape index (κ2) is 7.68. The smallest absolute Gasteiger partial charge is 0.0622 e.